The van der Waals surface area contributed by atoms with Gasteiger partial charge in [0.05, 0.1) is 4.21 Å². The van der Waals surface area contributed by atoms with Gasteiger partial charge in [0.1, 0.15) is 5.75 Å². The van der Waals surface area contributed by atoms with Gasteiger partial charge in [-0.05, 0) is 77.7 Å². The van der Waals surface area contributed by atoms with Crippen molar-refractivity contribution in [3.63, 3.8) is 0 Å². The predicted octanol–water partition coefficient (Wildman–Crippen LogP) is 7.74. The molecule has 186 valence electrons. The minimum atomic E-state index is 0.329. The Kier molecular flexibility index (Phi) is 13.4. The van der Waals surface area contributed by atoms with Gasteiger partial charge in [-0.1, -0.05) is 52.0 Å². The topological polar surface area (TPSA) is 30.0 Å². The van der Waals surface area contributed by atoms with Crippen LogP contribution in [-0.4, -0.2) is 48.4 Å². The lowest BCUT2D eigenvalue weighted by Crippen LogP contribution is -2.43. The summed E-state index contributed by atoms with van der Waals surface area (Å²) >= 11 is 5.52. The number of hydrogen-bond acceptors (Lipinski definition) is 7. The van der Waals surface area contributed by atoms with Crippen LogP contribution in [0.15, 0.2) is 76.3 Å². The van der Waals surface area contributed by atoms with Crippen molar-refractivity contribution in [1.29, 1.82) is 0 Å². The fourth-order valence-electron chi connectivity index (χ4n) is 3.12. The number of thiophene rings is 1. The number of para-hydroxylation sites is 1. The van der Waals surface area contributed by atoms with Crippen molar-refractivity contribution < 1.29 is 5.11 Å². The monoisotopic (exact) mass is 517 g/mol. The maximum Gasteiger partial charge on any atom is 0.115 e. The van der Waals surface area contributed by atoms with Crippen LogP contribution in [0, 0.1) is 5.92 Å². The molecule has 1 aliphatic rings. The van der Waals surface area contributed by atoms with Crippen LogP contribution in [0.2, 0.25) is 0 Å². The van der Waals surface area contributed by atoms with Crippen LogP contribution in [-0.2, 0) is 0 Å². The van der Waals surface area contributed by atoms with E-state index in [2.05, 4.69) is 76.2 Å². The van der Waals surface area contributed by atoms with E-state index in [0.717, 1.165) is 32.1 Å². The van der Waals surface area contributed by atoms with E-state index in [1.807, 2.05) is 55.9 Å². The second kappa shape index (κ2) is 16.0. The Bertz CT molecular complexity index is 881. The summed E-state index contributed by atoms with van der Waals surface area (Å²) in [6, 6.07) is 22.2. The third-order valence-electron chi connectivity index (χ3n) is 4.89. The van der Waals surface area contributed by atoms with E-state index in [-0.39, 0.29) is 0 Å². The third kappa shape index (κ3) is 10.2. The summed E-state index contributed by atoms with van der Waals surface area (Å²) in [7, 11) is 2.11. The molecule has 0 saturated carbocycles. The second-order valence-electron chi connectivity index (χ2n) is 7.98. The highest BCUT2D eigenvalue weighted by molar-refractivity contribution is 8.00. The Morgan fingerprint density at radius 3 is 2.12 bits per heavy atom. The quantitative estimate of drug-likeness (QED) is 0.323. The maximum atomic E-state index is 9.31. The van der Waals surface area contributed by atoms with Crippen molar-refractivity contribution in [3.8, 4) is 5.75 Å². The Morgan fingerprint density at radius 2 is 1.56 bits per heavy atom. The highest BCUT2D eigenvalue weighted by Gasteiger charge is 2.18. The molecule has 34 heavy (non-hydrogen) atoms. The number of phenols is 1. The molecule has 1 aliphatic heterocycles. The molecule has 0 aliphatic carbocycles. The number of rotatable bonds is 7. The van der Waals surface area contributed by atoms with Crippen LogP contribution in [0.1, 0.15) is 27.7 Å². The molecule has 0 radical (unpaired) electrons. The molecular weight excluding hydrogens is 479 g/mol. The van der Waals surface area contributed by atoms with Crippen LogP contribution < -0.4 is 9.21 Å². The number of piperazine rings is 1. The van der Waals surface area contributed by atoms with Crippen molar-refractivity contribution in [2.45, 2.75) is 31.9 Å². The van der Waals surface area contributed by atoms with Crippen molar-refractivity contribution in [1.82, 2.24) is 4.31 Å². The van der Waals surface area contributed by atoms with Crippen molar-refractivity contribution >= 4 is 46.6 Å². The Morgan fingerprint density at radius 1 is 0.912 bits per heavy atom. The van der Waals surface area contributed by atoms with Crippen LogP contribution in [0.4, 0.5) is 11.4 Å². The SMILES string of the molecule is CC.CC(C)CSN(C)c1ccccc1.Oc1ccc(N2CCN(Sc3cccs3)CC2)cc1. The number of hydrogen-bond donors (Lipinski definition) is 1. The van der Waals surface area contributed by atoms with Crippen molar-refractivity contribution in [2.75, 3.05) is 48.2 Å². The zero-order valence-electron chi connectivity index (χ0n) is 21.1. The molecule has 4 nitrogen and oxygen atoms in total. The number of benzene rings is 2. The fourth-order valence-corrected chi connectivity index (χ4v) is 5.75. The Hall–Kier alpha value is -1.80. The molecular formula is C27H39N3OS3. The van der Waals surface area contributed by atoms with Gasteiger partial charge >= 0.3 is 0 Å². The molecule has 4 rings (SSSR count). The largest absolute Gasteiger partial charge is 0.508 e. The van der Waals surface area contributed by atoms with Gasteiger partial charge in [-0.25, -0.2) is 4.31 Å². The highest BCUT2D eigenvalue weighted by atomic mass is 32.2. The minimum Gasteiger partial charge on any atom is -0.508 e. The van der Waals surface area contributed by atoms with Gasteiger partial charge in [-0.2, -0.15) is 0 Å². The first-order valence-electron chi connectivity index (χ1n) is 11.9. The molecule has 0 atom stereocenters. The lowest BCUT2D eigenvalue weighted by Gasteiger charge is -2.35. The predicted molar refractivity (Wildman–Crippen MR) is 156 cm³/mol. The summed E-state index contributed by atoms with van der Waals surface area (Å²) in [5.74, 6) is 2.25. The zero-order chi connectivity index (χ0) is 24.8. The van der Waals surface area contributed by atoms with E-state index in [1.165, 1.54) is 21.3 Å². The highest BCUT2D eigenvalue weighted by Crippen LogP contribution is 2.29. The van der Waals surface area contributed by atoms with Crippen LogP contribution >= 0.6 is 35.2 Å². The fraction of sp³-hybridized carbons (Fsp3) is 0.407. The first-order chi connectivity index (χ1) is 16.5. The van der Waals surface area contributed by atoms with E-state index in [9.17, 15) is 5.11 Å². The molecule has 1 saturated heterocycles. The maximum absolute atomic E-state index is 9.31. The number of anilines is 2. The van der Waals surface area contributed by atoms with Crippen molar-refractivity contribution in [2.24, 2.45) is 5.92 Å². The summed E-state index contributed by atoms with van der Waals surface area (Å²) in [6.45, 7) is 12.7. The molecule has 2 aromatic carbocycles. The standard InChI is InChI=1S/C14H16N2OS2.C11H17NS.C2H6/c17-13-5-3-12(4-6-13)15-7-9-16(10-8-15)19-14-2-1-11-18-14;1-10(2)9-13-12(3)11-7-5-4-6-8-11;1-2/h1-6,11,17H,7-10H2;4-8,10H,9H2,1-3H3;1-2H3. The van der Waals surface area contributed by atoms with E-state index in [4.69, 9.17) is 0 Å². The third-order valence-corrected chi connectivity index (χ3v) is 8.42. The smallest absolute Gasteiger partial charge is 0.115 e. The minimum absolute atomic E-state index is 0.329. The van der Waals surface area contributed by atoms with Gasteiger partial charge in [0.25, 0.3) is 0 Å². The first-order valence-corrected chi connectivity index (χ1v) is 14.5. The molecule has 0 amide bonds. The van der Waals surface area contributed by atoms with Crippen molar-refractivity contribution in [3.05, 3.63) is 72.1 Å². The Balaban J connectivity index is 0.000000239. The van der Waals surface area contributed by atoms with Crippen LogP contribution in [0.5, 0.6) is 5.75 Å². The molecule has 1 aromatic heterocycles. The van der Waals surface area contributed by atoms with E-state index in [0.29, 0.717) is 5.75 Å². The second-order valence-corrected chi connectivity index (χ2v) is 11.5. The molecule has 0 bridgehead atoms. The van der Waals surface area contributed by atoms with Gasteiger partial charge in [-0.3, -0.25) is 0 Å². The molecule has 3 aromatic rings. The summed E-state index contributed by atoms with van der Waals surface area (Å²) < 4.78 is 6.00. The average Bonchev–Trinajstić information content (AvgIpc) is 3.39. The number of nitrogens with zero attached hydrogens (tertiary/aromatic N) is 3. The van der Waals surface area contributed by atoms with Gasteiger partial charge in [-0.15, -0.1) is 11.3 Å². The zero-order valence-corrected chi connectivity index (χ0v) is 23.5. The van der Waals surface area contributed by atoms with Gasteiger partial charge < -0.3 is 14.3 Å². The molecule has 0 unspecified atom stereocenters. The van der Waals surface area contributed by atoms with Gasteiger partial charge in [0.15, 0.2) is 0 Å². The van der Waals surface area contributed by atoms with E-state index < -0.39 is 0 Å². The van der Waals surface area contributed by atoms with E-state index in [1.54, 1.807) is 23.5 Å². The first kappa shape index (κ1) is 28.4. The average molecular weight is 518 g/mol. The summed E-state index contributed by atoms with van der Waals surface area (Å²) in [4.78, 5) is 2.37. The van der Waals surface area contributed by atoms with Crippen LogP contribution in [0.3, 0.4) is 0 Å². The van der Waals surface area contributed by atoms with E-state index >= 15 is 0 Å². The lowest BCUT2D eigenvalue weighted by molar-refractivity contribution is 0.430. The lowest BCUT2D eigenvalue weighted by atomic mass is 10.2. The number of phenolic OH excluding ortho intramolecular Hbond substituents is 1. The Labute approximate surface area is 219 Å². The normalized spacial score (nSPS) is 13.5. The molecule has 1 fully saturated rings. The van der Waals surface area contributed by atoms with Gasteiger partial charge in [0, 0.05) is 50.4 Å². The molecule has 1 N–H and O–H groups in total. The molecule has 2 heterocycles. The van der Waals surface area contributed by atoms with Crippen LogP contribution in [0.25, 0.3) is 0 Å². The molecule has 7 heteroatoms. The molecule has 0 spiro atoms. The summed E-state index contributed by atoms with van der Waals surface area (Å²) in [5, 5.41) is 11.4. The van der Waals surface area contributed by atoms with Gasteiger partial charge in [0.2, 0.25) is 0 Å². The summed E-state index contributed by atoms with van der Waals surface area (Å²) in [6.07, 6.45) is 0. The summed E-state index contributed by atoms with van der Waals surface area (Å²) in [5.41, 5.74) is 2.46. The number of aromatic hydroxyl groups is 1.